The number of para-hydroxylation sites is 7. The Kier molecular flexibility index (Phi) is 6.91. The number of hydrogen-bond donors (Lipinski definition) is 0. The van der Waals surface area contributed by atoms with E-state index >= 15 is 0 Å². The van der Waals surface area contributed by atoms with E-state index in [-0.39, 0.29) is 0 Å². The Morgan fingerprint density at radius 3 is 1.12 bits per heavy atom. The second kappa shape index (κ2) is 12.6. The van der Waals surface area contributed by atoms with Gasteiger partial charge in [-0.15, -0.1) is 0 Å². The van der Waals surface area contributed by atoms with Crippen molar-refractivity contribution in [3.05, 3.63) is 206 Å². The average Bonchev–Trinajstić information content (AvgIpc) is 4.06. The summed E-state index contributed by atoms with van der Waals surface area (Å²) >= 11 is 0. The van der Waals surface area contributed by atoms with Gasteiger partial charge in [0.05, 0.1) is 55.7 Å². The highest BCUT2D eigenvalue weighted by atomic mass is 15.1. The van der Waals surface area contributed by atoms with E-state index in [2.05, 4.69) is 212 Å². The smallest absolute Gasteiger partial charge is 0.178 e. The Balaban J connectivity index is 1.30. The minimum atomic E-state index is 0.694. The highest BCUT2D eigenvalue weighted by Gasteiger charge is 2.27. The van der Waals surface area contributed by atoms with E-state index in [1.54, 1.807) is 0 Å². The summed E-state index contributed by atoms with van der Waals surface area (Å²) in [5, 5.41) is 7.21. The van der Waals surface area contributed by atoms with Crippen LogP contribution < -0.4 is 0 Å². The van der Waals surface area contributed by atoms with Crippen LogP contribution in [0.25, 0.3) is 111 Å². The molecule has 6 nitrogen and oxygen atoms in total. The van der Waals surface area contributed by atoms with Crippen molar-refractivity contribution in [1.29, 1.82) is 0 Å². The molecule has 0 amide bonds. The molecule has 0 unspecified atom stereocenters. The molecule has 5 aromatic heterocycles. The molecule has 5 heterocycles. The molecule has 0 aliphatic carbocycles. The zero-order chi connectivity index (χ0) is 39.3. The van der Waals surface area contributed by atoms with Gasteiger partial charge < -0.3 is 13.7 Å². The molecule has 13 aromatic rings. The van der Waals surface area contributed by atoms with Gasteiger partial charge in [-0.1, -0.05) is 127 Å². The molecule has 0 saturated heterocycles. The lowest BCUT2D eigenvalue weighted by Crippen LogP contribution is -2.10. The third-order valence-corrected chi connectivity index (χ3v) is 12.2. The van der Waals surface area contributed by atoms with Crippen LogP contribution in [0.3, 0.4) is 0 Å². The maximum absolute atomic E-state index is 5.37. The van der Waals surface area contributed by atoms with Crippen molar-refractivity contribution < 1.29 is 0 Å². The standard InChI is InChI=1S/C54H34N6/c1-2-17-36(18-3-1)57-49-31-16-32-55-53(49)56-54(57)35-33-50(58-43-25-10-4-19-37(43)38-20-5-11-26-44(38)58)52(60-47-29-14-8-23-41(47)42-24-9-15-30-48(42)60)51(34-35)59-45-27-12-6-21-39(45)40-22-7-13-28-46(40)59/h1-34H. The molecule has 8 aromatic carbocycles. The lowest BCUT2D eigenvalue weighted by atomic mass is 10.1. The van der Waals surface area contributed by atoms with Gasteiger partial charge in [0.25, 0.3) is 0 Å². The molecule has 0 radical (unpaired) electrons. The number of hydrogen-bond acceptors (Lipinski definition) is 2. The van der Waals surface area contributed by atoms with Crippen LogP contribution in [-0.4, -0.2) is 28.2 Å². The average molecular weight is 767 g/mol. The monoisotopic (exact) mass is 766 g/mol. The number of benzene rings is 8. The van der Waals surface area contributed by atoms with Crippen molar-refractivity contribution in [2.24, 2.45) is 0 Å². The third-order valence-electron chi connectivity index (χ3n) is 12.2. The summed E-state index contributed by atoms with van der Waals surface area (Å²) in [5.41, 5.74) is 13.5. The van der Waals surface area contributed by atoms with Gasteiger partial charge in [-0.3, -0.25) is 4.57 Å². The van der Waals surface area contributed by atoms with Gasteiger partial charge in [-0.25, -0.2) is 9.97 Å². The van der Waals surface area contributed by atoms with Crippen LogP contribution in [-0.2, 0) is 0 Å². The third kappa shape index (κ3) is 4.58. The fourth-order valence-corrected chi connectivity index (χ4v) is 9.78. The molecule has 0 spiro atoms. The van der Waals surface area contributed by atoms with Crippen LogP contribution in [0, 0.1) is 0 Å². The molecule has 0 bridgehead atoms. The summed E-state index contributed by atoms with van der Waals surface area (Å²) in [5.74, 6) is 0.813. The predicted octanol–water partition coefficient (Wildman–Crippen LogP) is 13.4. The number of rotatable bonds is 5. The summed E-state index contributed by atoms with van der Waals surface area (Å²) < 4.78 is 9.69. The second-order valence-electron chi connectivity index (χ2n) is 15.4. The Morgan fingerprint density at radius 2 is 0.683 bits per heavy atom. The summed E-state index contributed by atoms with van der Waals surface area (Å²) in [7, 11) is 0. The quantitative estimate of drug-likeness (QED) is 0.175. The SMILES string of the molecule is c1ccc(-n2c(-c3cc(-n4c5ccccc5c5ccccc54)c(-n4c5ccccc5c5ccccc54)c(-n4c5ccccc5c5ccccc54)c3)nc3ncccc32)cc1. The molecule has 13 rings (SSSR count). The Morgan fingerprint density at radius 1 is 0.317 bits per heavy atom. The summed E-state index contributed by atoms with van der Waals surface area (Å²) in [6.45, 7) is 0. The van der Waals surface area contributed by atoms with E-state index in [0.29, 0.717) is 5.65 Å². The van der Waals surface area contributed by atoms with Crippen molar-refractivity contribution >= 4 is 76.6 Å². The number of pyridine rings is 1. The van der Waals surface area contributed by atoms with Gasteiger partial charge in [0, 0.05) is 49.8 Å². The topological polar surface area (TPSA) is 45.5 Å². The Bertz CT molecular complexity index is 3550. The lowest BCUT2D eigenvalue weighted by Gasteiger charge is -2.23. The van der Waals surface area contributed by atoms with Crippen LogP contribution in [0.1, 0.15) is 0 Å². The second-order valence-corrected chi connectivity index (χ2v) is 15.4. The highest BCUT2D eigenvalue weighted by molar-refractivity contribution is 6.14. The zero-order valence-corrected chi connectivity index (χ0v) is 32.3. The van der Waals surface area contributed by atoms with E-state index < -0.39 is 0 Å². The maximum atomic E-state index is 5.37. The minimum Gasteiger partial charge on any atom is -0.307 e. The Labute approximate surface area is 344 Å². The Hall–Kier alpha value is -8.22. The van der Waals surface area contributed by atoms with Crippen LogP contribution in [0.4, 0.5) is 0 Å². The van der Waals surface area contributed by atoms with Crippen LogP contribution in [0.5, 0.6) is 0 Å². The fourth-order valence-electron chi connectivity index (χ4n) is 9.78. The van der Waals surface area contributed by atoms with Crippen LogP contribution in [0.15, 0.2) is 206 Å². The van der Waals surface area contributed by atoms with E-state index in [9.17, 15) is 0 Å². The van der Waals surface area contributed by atoms with Gasteiger partial charge >= 0.3 is 0 Å². The van der Waals surface area contributed by atoms with Gasteiger partial charge in [-0.2, -0.15) is 0 Å². The lowest BCUT2D eigenvalue weighted by molar-refractivity contribution is 1.04. The summed E-state index contributed by atoms with van der Waals surface area (Å²) in [6, 6.07) is 72.1. The number of nitrogens with zero attached hydrogens (tertiary/aromatic N) is 6. The van der Waals surface area contributed by atoms with Crippen molar-refractivity contribution in [3.8, 4) is 34.1 Å². The van der Waals surface area contributed by atoms with Crippen LogP contribution >= 0.6 is 0 Å². The molecule has 60 heavy (non-hydrogen) atoms. The van der Waals surface area contributed by atoms with Gasteiger partial charge in [0.2, 0.25) is 0 Å². The molecule has 0 aliphatic rings. The molecule has 0 aliphatic heterocycles. The van der Waals surface area contributed by atoms with Gasteiger partial charge in [0.1, 0.15) is 5.82 Å². The van der Waals surface area contributed by atoms with Gasteiger partial charge in [-0.05, 0) is 72.8 Å². The number of fused-ring (bicyclic) bond motifs is 10. The predicted molar refractivity (Wildman–Crippen MR) is 247 cm³/mol. The molecular formula is C54H34N6. The first-order chi connectivity index (χ1) is 29.8. The normalized spacial score (nSPS) is 12.0. The molecule has 0 N–H and O–H groups in total. The summed E-state index contributed by atoms with van der Waals surface area (Å²) in [6.07, 6.45) is 1.83. The molecule has 6 heteroatoms. The highest BCUT2D eigenvalue weighted by Crippen LogP contribution is 2.45. The maximum Gasteiger partial charge on any atom is 0.178 e. The van der Waals surface area contributed by atoms with E-state index in [1.807, 2.05) is 12.3 Å². The number of imidazole rings is 1. The summed E-state index contributed by atoms with van der Waals surface area (Å²) in [4.78, 5) is 10.2. The van der Waals surface area contributed by atoms with E-state index in [0.717, 1.165) is 72.8 Å². The fraction of sp³-hybridized carbons (Fsp3) is 0. The first-order valence-electron chi connectivity index (χ1n) is 20.3. The zero-order valence-electron chi connectivity index (χ0n) is 32.3. The molecule has 280 valence electrons. The van der Waals surface area contributed by atoms with Crippen molar-refractivity contribution in [3.63, 3.8) is 0 Å². The minimum absolute atomic E-state index is 0.694. The molecular weight excluding hydrogens is 733 g/mol. The molecule has 0 saturated carbocycles. The van der Waals surface area contributed by atoms with Crippen LogP contribution in [0.2, 0.25) is 0 Å². The number of aromatic nitrogens is 6. The first-order valence-corrected chi connectivity index (χ1v) is 20.3. The largest absolute Gasteiger partial charge is 0.307 e. The van der Waals surface area contributed by atoms with E-state index in [1.165, 1.54) is 32.3 Å². The molecule has 0 atom stereocenters. The van der Waals surface area contributed by atoms with Gasteiger partial charge in [0.15, 0.2) is 5.65 Å². The van der Waals surface area contributed by atoms with Crippen molar-refractivity contribution in [2.45, 2.75) is 0 Å². The first kappa shape index (κ1) is 32.8. The van der Waals surface area contributed by atoms with E-state index in [4.69, 9.17) is 9.97 Å². The van der Waals surface area contributed by atoms with Crippen molar-refractivity contribution in [2.75, 3.05) is 0 Å². The molecule has 0 fully saturated rings. The van der Waals surface area contributed by atoms with Crippen molar-refractivity contribution in [1.82, 2.24) is 28.2 Å².